The third-order valence-electron chi connectivity index (χ3n) is 7.21. The number of rotatable bonds is 3. The van der Waals surface area contributed by atoms with Crippen LogP contribution in [0.15, 0.2) is 42.5 Å². The molecule has 3 aromatic rings. The van der Waals surface area contributed by atoms with Crippen molar-refractivity contribution in [2.24, 2.45) is 0 Å². The lowest BCUT2D eigenvalue weighted by atomic mass is 9.95. The first-order valence-electron chi connectivity index (χ1n) is 11.8. The Morgan fingerprint density at radius 3 is 2.59 bits per heavy atom. The van der Waals surface area contributed by atoms with Crippen LogP contribution in [0.5, 0.6) is 0 Å². The van der Waals surface area contributed by atoms with E-state index in [-0.39, 0.29) is 18.1 Å². The Hall–Kier alpha value is -2.86. The number of carbonyl (C=O) groups is 1. The van der Waals surface area contributed by atoms with Crippen LogP contribution in [0.4, 0.5) is 10.5 Å². The zero-order valence-corrected chi connectivity index (χ0v) is 19.2. The van der Waals surface area contributed by atoms with E-state index >= 15 is 0 Å². The largest absolute Gasteiger partial charge is 0.452 e. The normalized spacial score (nSPS) is 20.2. The number of imidazole rings is 1. The Kier molecular flexibility index (Phi) is 5.64. The van der Waals surface area contributed by atoms with E-state index in [0.717, 1.165) is 55.8 Å². The van der Waals surface area contributed by atoms with Crippen molar-refractivity contribution < 1.29 is 9.53 Å². The van der Waals surface area contributed by atoms with E-state index in [1.807, 2.05) is 0 Å². The molecule has 0 radical (unpaired) electrons. The number of nitrogens with zero attached hydrogens (tertiary/aromatic N) is 3. The number of ether oxygens (including phenoxy) is 1. The van der Waals surface area contributed by atoms with Crippen molar-refractivity contribution in [2.45, 2.75) is 57.5 Å². The van der Waals surface area contributed by atoms with E-state index in [1.165, 1.54) is 23.8 Å². The number of anilines is 1. The Labute approximate surface area is 189 Å². The van der Waals surface area contributed by atoms with Gasteiger partial charge >= 0.3 is 6.09 Å². The van der Waals surface area contributed by atoms with Crippen LogP contribution in [-0.4, -0.2) is 41.9 Å². The minimum atomic E-state index is -0.298. The number of aromatic nitrogens is 2. The van der Waals surface area contributed by atoms with Crippen molar-refractivity contribution in [3.05, 3.63) is 59.4 Å². The van der Waals surface area contributed by atoms with Crippen molar-refractivity contribution >= 4 is 22.8 Å². The van der Waals surface area contributed by atoms with Crippen molar-refractivity contribution in [1.82, 2.24) is 14.9 Å². The van der Waals surface area contributed by atoms with Crippen molar-refractivity contribution in [2.75, 3.05) is 25.1 Å². The summed E-state index contributed by atoms with van der Waals surface area (Å²) in [5, 5.41) is 3.49. The average Bonchev–Trinajstić information content (AvgIpc) is 3.24. The summed E-state index contributed by atoms with van der Waals surface area (Å²) in [6.07, 6.45) is 3.73. The topological polar surface area (TPSA) is 59.4 Å². The van der Waals surface area contributed by atoms with Crippen LogP contribution in [0.3, 0.4) is 0 Å². The van der Waals surface area contributed by atoms with Gasteiger partial charge < -0.3 is 14.6 Å². The van der Waals surface area contributed by atoms with E-state index in [0.29, 0.717) is 6.04 Å². The lowest BCUT2D eigenvalue weighted by Gasteiger charge is -2.34. The van der Waals surface area contributed by atoms with Gasteiger partial charge in [-0.15, -0.1) is 0 Å². The van der Waals surface area contributed by atoms with Crippen molar-refractivity contribution in [3.8, 4) is 0 Å². The molecule has 2 atom stereocenters. The molecule has 32 heavy (non-hydrogen) atoms. The van der Waals surface area contributed by atoms with E-state index in [1.54, 1.807) is 4.90 Å². The Morgan fingerprint density at radius 2 is 1.88 bits per heavy atom. The second-order valence-electron chi connectivity index (χ2n) is 9.11. The van der Waals surface area contributed by atoms with Gasteiger partial charge in [-0.1, -0.05) is 37.3 Å². The first-order valence-corrected chi connectivity index (χ1v) is 11.8. The van der Waals surface area contributed by atoms with Crippen LogP contribution in [0, 0.1) is 0 Å². The predicted octanol–water partition coefficient (Wildman–Crippen LogP) is 5.02. The second-order valence-corrected chi connectivity index (χ2v) is 9.11. The number of fused-ring (bicyclic) bond motifs is 3. The number of nitrogens with one attached hydrogen (secondary N) is 1. The van der Waals surface area contributed by atoms with E-state index < -0.39 is 0 Å². The number of hydrogen-bond donors (Lipinski definition) is 1. The Bertz CT molecular complexity index is 1120. The summed E-state index contributed by atoms with van der Waals surface area (Å²) in [5.41, 5.74) is 5.61. The van der Waals surface area contributed by atoms with Crippen LogP contribution in [-0.2, 0) is 11.2 Å². The number of piperidine rings is 1. The minimum Gasteiger partial charge on any atom is -0.452 e. The SMILES string of the molecule is COC(=O)N1c2ccc3c(nc([C@@H](C)c4ccccc4)n3C3CCNCC3)c2CC[C@@H]1C. The zero-order chi connectivity index (χ0) is 22.2. The summed E-state index contributed by atoms with van der Waals surface area (Å²) in [6, 6.07) is 15.4. The highest BCUT2D eigenvalue weighted by Crippen LogP contribution is 2.40. The maximum absolute atomic E-state index is 12.6. The molecule has 168 valence electrons. The van der Waals surface area contributed by atoms with Crippen LogP contribution in [0.2, 0.25) is 0 Å². The second kappa shape index (κ2) is 8.58. The third kappa shape index (κ3) is 3.47. The van der Waals surface area contributed by atoms with Crippen LogP contribution >= 0.6 is 0 Å². The smallest absolute Gasteiger partial charge is 0.414 e. The fourth-order valence-corrected chi connectivity index (χ4v) is 5.44. The molecule has 2 aliphatic rings. The summed E-state index contributed by atoms with van der Waals surface area (Å²) in [6.45, 7) is 6.40. The third-order valence-corrected chi connectivity index (χ3v) is 7.21. The summed E-state index contributed by atoms with van der Waals surface area (Å²) in [5.74, 6) is 1.31. The highest BCUT2D eigenvalue weighted by molar-refractivity contribution is 5.95. The summed E-state index contributed by atoms with van der Waals surface area (Å²) in [7, 11) is 1.45. The molecule has 1 amide bonds. The van der Waals surface area contributed by atoms with Gasteiger partial charge in [0.2, 0.25) is 0 Å². The Balaban J connectivity index is 1.70. The molecule has 1 fully saturated rings. The molecule has 0 aliphatic carbocycles. The predicted molar refractivity (Wildman–Crippen MR) is 127 cm³/mol. The molecule has 1 saturated heterocycles. The molecule has 5 rings (SSSR count). The Morgan fingerprint density at radius 1 is 1.12 bits per heavy atom. The van der Waals surface area contributed by atoms with Gasteiger partial charge in [0.1, 0.15) is 5.82 Å². The molecule has 6 heteroatoms. The molecule has 3 heterocycles. The molecule has 1 aromatic heterocycles. The highest BCUT2D eigenvalue weighted by Gasteiger charge is 2.33. The van der Waals surface area contributed by atoms with Gasteiger partial charge in [0.15, 0.2) is 0 Å². The summed E-state index contributed by atoms with van der Waals surface area (Å²) < 4.78 is 7.60. The average molecular weight is 433 g/mol. The number of amides is 1. The first kappa shape index (κ1) is 21.0. The van der Waals surface area contributed by atoms with Crippen LogP contribution in [0.1, 0.15) is 62.0 Å². The zero-order valence-electron chi connectivity index (χ0n) is 19.2. The number of carbonyl (C=O) groups excluding carboxylic acids is 1. The van der Waals surface area contributed by atoms with Crippen molar-refractivity contribution in [3.63, 3.8) is 0 Å². The number of benzene rings is 2. The molecular weight excluding hydrogens is 400 g/mol. The maximum Gasteiger partial charge on any atom is 0.414 e. The van der Waals surface area contributed by atoms with Crippen LogP contribution < -0.4 is 10.2 Å². The van der Waals surface area contributed by atoms with E-state index in [2.05, 4.69) is 66.2 Å². The number of methoxy groups -OCH3 is 1. The molecule has 2 aromatic carbocycles. The fraction of sp³-hybridized carbons (Fsp3) is 0.462. The van der Waals surface area contributed by atoms with Gasteiger partial charge in [0.05, 0.1) is 23.8 Å². The molecular formula is C26H32N4O2. The first-order chi connectivity index (χ1) is 15.6. The lowest BCUT2D eigenvalue weighted by Crippen LogP contribution is -2.42. The maximum atomic E-state index is 12.6. The molecule has 2 aliphatic heterocycles. The lowest BCUT2D eigenvalue weighted by molar-refractivity contribution is 0.175. The summed E-state index contributed by atoms with van der Waals surface area (Å²) >= 11 is 0. The fourth-order valence-electron chi connectivity index (χ4n) is 5.44. The van der Waals surface area contributed by atoms with E-state index in [4.69, 9.17) is 9.72 Å². The van der Waals surface area contributed by atoms with Crippen molar-refractivity contribution in [1.29, 1.82) is 0 Å². The molecule has 1 N–H and O–H groups in total. The van der Waals surface area contributed by atoms with E-state index in [9.17, 15) is 4.79 Å². The van der Waals surface area contributed by atoms with Gasteiger partial charge in [-0.05, 0) is 63.4 Å². The molecule has 0 unspecified atom stereocenters. The van der Waals surface area contributed by atoms with Gasteiger partial charge in [-0.25, -0.2) is 9.78 Å². The highest BCUT2D eigenvalue weighted by atomic mass is 16.5. The monoisotopic (exact) mass is 432 g/mol. The van der Waals surface area contributed by atoms with Gasteiger partial charge in [0.25, 0.3) is 0 Å². The quantitative estimate of drug-likeness (QED) is 0.631. The molecule has 0 saturated carbocycles. The van der Waals surface area contributed by atoms with Crippen LogP contribution in [0.25, 0.3) is 11.0 Å². The molecule has 0 bridgehead atoms. The summed E-state index contributed by atoms with van der Waals surface area (Å²) in [4.78, 5) is 19.6. The standard InChI is InChI=1S/C26H32N4O2/c1-17-9-10-21-22(29(17)26(31)32-3)11-12-23-24(21)28-25(18(2)19-7-5-4-6-8-19)30(23)20-13-15-27-16-14-20/h4-8,11-12,17-18,20,27H,9-10,13-16H2,1-3H3/t17-,18-/m0/s1. The number of hydrogen-bond acceptors (Lipinski definition) is 4. The van der Waals surface area contributed by atoms with Gasteiger partial charge in [-0.3, -0.25) is 4.90 Å². The minimum absolute atomic E-state index is 0.113. The molecule has 0 spiro atoms. The van der Waals surface area contributed by atoms with Gasteiger partial charge in [0, 0.05) is 23.6 Å². The van der Waals surface area contributed by atoms with Gasteiger partial charge in [-0.2, -0.15) is 0 Å². The molecule has 6 nitrogen and oxygen atoms in total. The number of aryl methyl sites for hydroxylation is 1.